The minimum Gasteiger partial charge on any atom is -0.379 e. The number of rotatable bonds is 4. The van der Waals surface area contributed by atoms with Crippen LogP contribution in [0.4, 0.5) is 14.6 Å². The van der Waals surface area contributed by atoms with E-state index in [2.05, 4.69) is 22.1 Å². The van der Waals surface area contributed by atoms with Gasteiger partial charge in [0, 0.05) is 30.3 Å². The average Bonchev–Trinajstić information content (AvgIpc) is 3.27. The number of benzene rings is 1. The van der Waals surface area contributed by atoms with Crippen LogP contribution in [0.1, 0.15) is 37.3 Å². The number of aliphatic hydroxyl groups is 1. The predicted octanol–water partition coefficient (Wildman–Crippen LogP) is 4.20. The fraction of sp³-hybridized carbons (Fsp3) is 0.333. The second-order valence-corrected chi connectivity index (χ2v) is 6.14. The van der Waals surface area contributed by atoms with Crippen molar-refractivity contribution in [2.24, 2.45) is 4.99 Å². The number of nitrogens with zero attached hydrogens (tertiary/aromatic N) is 2. The molecular formula is C18H18F2N2O. The quantitative estimate of drug-likeness (QED) is 0.918. The lowest BCUT2D eigenvalue weighted by Crippen LogP contribution is -2.40. The van der Waals surface area contributed by atoms with E-state index in [1.807, 2.05) is 18.2 Å². The molecule has 0 spiro atoms. The van der Waals surface area contributed by atoms with E-state index in [9.17, 15) is 13.9 Å². The van der Waals surface area contributed by atoms with Crippen LogP contribution >= 0.6 is 0 Å². The van der Waals surface area contributed by atoms with E-state index in [-0.39, 0.29) is 5.56 Å². The van der Waals surface area contributed by atoms with Crippen molar-refractivity contribution in [2.45, 2.75) is 37.7 Å². The Kier molecular flexibility index (Phi) is 3.76. The summed E-state index contributed by atoms with van der Waals surface area (Å²) < 4.78 is 26.9. The van der Waals surface area contributed by atoms with E-state index in [0.717, 1.165) is 19.1 Å². The normalized spacial score (nSPS) is 22.0. The summed E-state index contributed by atoms with van der Waals surface area (Å²) in [6.07, 6.45) is 2.15. The zero-order chi connectivity index (χ0) is 16.7. The summed E-state index contributed by atoms with van der Waals surface area (Å²) in [7, 11) is 0. The third-order valence-corrected chi connectivity index (χ3v) is 4.28. The van der Waals surface area contributed by atoms with Gasteiger partial charge in [-0.15, -0.1) is 0 Å². The highest BCUT2D eigenvalue weighted by Crippen LogP contribution is 2.39. The molecule has 0 radical (unpaired) electrons. The molecular weight excluding hydrogens is 298 g/mol. The van der Waals surface area contributed by atoms with Crippen LogP contribution in [0.3, 0.4) is 0 Å². The van der Waals surface area contributed by atoms with Gasteiger partial charge in [0.2, 0.25) is 0 Å². The highest BCUT2D eigenvalue weighted by Gasteiger charge is 2.46. The molecule has 0 aliphatic heterocycles. The van der Waals surface area contributed by atoms with Gasteiger partial charge in [0.05, 0.1) is 0 Å². The van der Waals surface area contributed by atoms with Crippen molar-refractivity contribution < 1.29 is 13.9 Å². The van der Waals surface area contributed by atoms with E-state index in [1.54, 1.807) is 6.07 Å². The van der Waals surface area contributed by atoms with E-state index < -0.39 is 11.5 Å². The third kappa shape index (κ3) is 3.15. The Balaban J connectivity index is 1.76. The van der Waals surface area contributed by atoms with E-state index in [1.165, 1.54) is 17.8 Å². The third-order valence-electron chi connectivity index (χ3n) is 4.28. The van der Waals surface area contributed by atoms with Crippen molar-refractivity contribution in [3.05, 3.63) is 59.8 Å². The maximum Gasteiger partial charge on any atom is 0.277 e. The molecule has 2 aromatic rings. The zero-order valence-corrected chi connectivity index (χ0v) is 13.0. The molecule has 1 aliphatic carbocycles. The van der Waals surface area contributed by atoms with Gasteiger partial charge in [-0.1, -0.05) is 36.4 Å². The molecule has 1 N–H and O–H groups in total. The Morgan fingerprint density at radius 3 is 2.39 bits per heavy atom. The van der Waals surface area contributed by atoms with Crippen molar-refractivity contribution in [1.29, 1.82) is 0 Å². The van der Waals surface area contributed by atoms with Crippen LogP contribution < -0.4 is 0 Å². The zero-order valence-electron chi connectivity index (χ0n) is 13.0. The molecule has 3 rings (SSSR count). The van der Waals surface area contributed by atoms with Crippen LogP contribution in [0.2, 0.25) is 0 Å². The number of hydrogen-bond donors (Lipinski definition) is 1. The summed E-state index contributed by atoms with van der Waals surface area (Å²) in [4.78, 5) is 8.54. The van der Waals surface area contributed by atoms with Gasteiger partial charge in [0.15, 0.2) is 11.4 Å². The molecule has 1 saturated carbocycles. The summed E-state index contributed by atoms with van der Waals surface area (Å²) in [6, 6.07) is 13.1. The van der Waals surface area contributed by atoms with Crippen LogP contribution in [-0.2, 0) is 5.60 Å². The Morgan fingerprint density at radius 1 is 1.13 bits per heavy atom. The minimum absolute atomic E-state index is 0.0735. The Bertz CT molecular complexity index is 719. The molecule has 1 fully saturated rings. The molecule has 1 unspecified atom stereocenters. The number of pyridine rings is 1. The minimum atomic E-state index is -3.25. The first-order chi connectivity index (χ1) is 10.8. The van der Waals surface area contributed by atoms with Gasteiger partial charge in [-0.25, -0.2) is 18.8 Å². The van der Waals surface area contributed by atoms with Gasteiger partial charge >= 0.3 is 0 Å². The monoisotopic (exact) mass is 316 g/mol. The topological polar surface area (TPSA) is 45.5 Å². The summed E-state index contributed by atoms with van der Waals surface area (Å²) >= 11 is 0. The SMILES string of the molecule is CC(F)(F)C(C)(O)c1ccc(/N=C2\C[C@H]2c2ccccc2)nc1. The molecule has 23 heavy (non-hydrogen) atoms. The molecule has 3 nitrogen and oxygen atoms in total. The number of hydrogen-bond acceptors (Lipinski definition) is 3. The van der Waals surface area contributed by atoms with Gasteiger partial charge in [-0.2, -0.15) is 0 Å². The first-order valence-corrected chi connectivity index (χ1v) is 7.48. The van der Waals surface area contributed by atoms with Crippen molar-refractivity contribution in [1.82, 2.24) is 4.98 Å². The molecule has 2 atom stereocenters. The van der Waals surface area contributed by atoms with Crippen molar-refractivity contribution in [2.75, 3.05) is 0 Å². The first kappa shape index (κ1) is 15.7. The Hall–Kier alpha value is -2.14. The van der Waals surface area contributed by atoms with Gasteiger partial charge in [0.1, 0.15) is 0 Å². The molecule has 5 heteroatoms. The number of aliphatic imine (C=N–C) groups is 1. The van der Waals surface area contributed by atoms with Crippen LogP contribution in [0.5, 0.6) is 0 Å². The molecule has 1 heterocycles. The first-order valence-electron chi connectivity index (χ1n) is 7.48. The maximum absolute atomic E-state index is 13.4. The highest BCUT2D eigenvalue weighted by atomic mass is 19.3. The van der Waals surface area contributed by atoms with Crippen LogP contribution in [0.15, 0.2) is 53.7 Å². The molecule has 0 amide bonds. The number of aromatic nitrogens is 1. The van der Waals surface area contributed by atoms with E-state index >= 15 is 0 Å². The summed E-state index contributed by atoms with van der Waals surface area (Å²) in [6.45, 7) is 1.78. The lowest BCUT2D eigenvalue weighted by Gasteiger charge is -2.29. The molecule has 1 aliphatic rings. The summed E-state index contributed by atoms with van der Waals surface area (Å²) in [5.74, 6) is -2.46. The summed E-state index contributed by atoms with van der Waals surface area (Å²) in [5.41, 5.74) is 0.0717. The summed E-state index contributed by atoms with van der Waals surface area (Å²) in [5, 5.41) is 9.97. The Morgan fingerprint density at radius 2 is 1.83 bits per heavy atom. The van der Waals surface area contributed by atoms with Crippen LogP contribution in [0, 0.1) is 0 Å². The molecule has 1 aromatic heterocycles. The number of alkyl halides is 2. The molecule has 0 bridgehead atoms. The average molecular weight is 316 g/mol. The van der Waals surface area contributed by atoms with E-state index in [4.69, 9.17) is 0 Å². The van der Waals surface area contributed by atoms with Gasteiger partial charge < -0.3 is 5.11 Å². The maximum atomic E-state index is 13.4. The molecule has 0 saturated heterocycles. The lowest BCUT2D eigenvalue weighted by atomic mass is 9.91. The van der Waals surface area contributed by atoms with Crippen LogP contribution in [0.25, 0.3) is 0 Å². The van der Waals surface area contributed by atoms with Crippen molar-refractivity contribution >= 4 is 11.5 Å². The van der Waals surface area contributed by atoms with Crippen molar-refractivity contribution in [3.8, 4) is 0 Å². The number of halogens is 2. The smallest absolute Gasteiger partial charge is 0.277 e. The van der Waals surface area contributed by atoms with Gasteiger partial charge in [-0.3, -0.25) is 0 Å². The fourth-order valence-corrected chi connectivity index (χ4v) is 2.41. The highest BCUT2D eigenvalue weighted by molar-refractivity contribution is 6.07. The predicted molar refractivity (Wildman–Crippen MR) is 85.3 cm³/mol. The van der Waals surface area contributed by atoms with Gasteiger partial charge in [-0.05, 0) is 25.0 Å². The van der Waals surface area contributed by atoms with Gasteiger partial charge in [0.25, 0.3) is 5.92 Å². The second kappa shape index (κ2) is 5.49. The molecule has 1 aromatic carbocycles. The standard InChI is InChI=1S/C18H18F2N2O/c1-17(23,18(2,19)20)13-8-9-16(21-11-13)22-15-10-14(15)12-6-4-3-5-7-12/h3-9,11,14,23H,10H2,1-2H3/b22-15+/t14-,17?/m0/s1. The molecule has 120 valence electrons. The van der Waals surface area contributed by atoms with Crippen molar-refractivity contribution in [3.63, 3.8) is 0 Å². The van der Waals surface area contributed by atoms with E-state index in [0.29, 0.717) is 18.7 Å². The fourth-order valence-electron chi connectivity index (χ4n) is 2.41. The lowest BCUT2D eigenvalue weighted by molar-refractivity contribution is -0.165. The second-order valence-electron chi connectivity index (χ2n) is 6.14. The largest absolute Gasteiger partial charge is 0.379 e. The Labute approximate surface area is 133 Å². The van der Waals surface area contributed by atoms with Crippen LogP contribution in [-0.4, -0.2) is 21.7 Å².